The first-order chi connectivity index (χ1) is 32.0. The van der Waals surface area contributed by atoms with Crippen LogP contribution in [0.25, 0.3) is 0 Å². The molecule has 0 amide bonds. The standard InChI is InChI=1S/C9H14O4.C8H4F8O4.C7F10O2.C5H10O2.C4H6O3.C3H6.CH4O.K/c1-9(8(10)11-2)12-6-4-3-5-7(6)13-9;1-3(2(17)18)19-7(15)5(11,12)4(9,10)6(13,14)8(7,16)20-3;8-1(9)2-18-6(16)4(12,13)3(10,11)5(14,15)7(6,17)19-2;6-4-2-1-3-5(4)7;1-3(5)4(6)7-2;1-2-3-1;1-2;/h6-7H,3-5H2,1-2H3;1H3,(H,17,18);;4-7H,1-3H2;1-2H3;1-3H2;2H,1H3;/q;;;;;;;+1/p-1. The quantitative estimate of drug-likeness (QED) is 0.160. The molecule has 8 rings (SSSR count). The Labute approximate surface area is 436 Å². The second-order valence-electron chi connectivity index (χ2n) is 15.9. The zero-order valence-corrected chi connectivity index (χ0v) is 41.2. The van der Waals surface area contributed by atoms with Crippen LogP contribution >= 0.6 is 0 Å². The zero-order valence-electron chi connectivity index (χ0n) is 38.1. The number of methoxy groups -OCH3 is 2. The molecule has 0 spiro atoms. The first-order valence-corrected chi connectivity index (χ1v) is 19.9. The Bertz CT molecular complexity index is 1890. The molecule has 5 aliphatic carbocycles. The van der Waals surface area contributed by atoms with Crippen molar-refractivity contribution in [3.63, 3.8) is 0 Å². The Morgan fingerprint density at radius 2 is 0.861 bits per heavy atom. The molecule has 0 aromatic heterocycles. The number of aliphatic hydroxyl groups is 3. The fourth-order valence-corrected chi connectivity index (χ4v) is 6.64. The molecule has 0 aromatic carbocycles. The molecule has 16 nitrogen and oxygen atoms in total. The summed E-state index contributed by atoms with van der Waals surface area (Å²) < 4.78 is 266. The van der Waals surface area contributed by atoms with E-state index in [1.165, 1.54) is 33.5 Å². The van der Waals surface area contributed by atoms with Crippen LogP contribution in [0.1, 0.15) is 78.6 Å². The third kappa shape index (κ3) is 11.0. The van der Waals surface area contributed by atoms with Gasteiger partial charge in [-0.2, -0.15) is 79.0 Å². The molecule has 8 unspecified atom stereocenters. The molecular weight excluding hydrogens is 1080 g/mol. The number of alkyl halides is 16. The number of halogens is 18. The maximum atomic E-state index is 13.8. The predicted molar refractivity (Wildman–Crippen MR) is 187 cm³/mol. The van der Waals surface area contributed by atoms with Crippen LogP contribution in [0.4, 0.5) is 79.0 Å². The maximum absolute atomic E-state index is 13.8. The number of carbonyl (C=O) groups excluding carboxylic acids is 4. The minimum absolute atomic E-state index is 0. The van der Waals surface area contributed by atoms with Gasteiger partial charge in [-0.3, -0.25) is 14.3 Å². The van der Waals surface area contributed by atoms with Crippen molar-refractivity contribution < 1.29 is 208 Å². The number of ether oxygens (including phenoxy) is 8. The average molecular weight is 1120 g/mol. The monoisotopic (exact) mass is 1120 g/mol. The van der Waals surface area contributed by atoms with Crippen LogP contribution in [0.3, 0.4) is 0 Å². The summed E-state index contributed by atoms with van der Waals surface area (Å²) in [5, 5.41) is 34.9. The Morgan fingerprint density at radius 1 is 0.542 bits per heavy atom. The fraction of sp³-hybridized carbons (Fsp3) is 0.838. The number of aliphatic carboxylic acids is 1. The topological polar surface area (TPSA) is 226 Å². The minimum atomic E-state index is -6.55. The smallest absolute Gasteiger partial charge is 0.544 e. The molecule has 72 heavy (non-hydrogen) atoms. The van der Waals surface area contributed by atoms with Crippen LogP contribution < -0.4 is 56.5 Å². The molecule has 0 bridgehead atoms. The molecule has 35 heteroatoms. The van der Waals surface area contributed by atoms with Gasteiger partial charge < -0.3 is 53.6 Å². The second-order valence-corrected chi connectivity index (χ2v) is 15.9. The number of esters is 2. The van der Waals surface area contributed by atoms with Crippen molar-refractivity contribution in [2.45, 2.75) is 174 Å². The zero-order chi connectivity index (χ0) is 55.8. The van der Waals surface area contributed by atoms with Crippen molar-refractivity contribution in [2.24, 2.45) is 0 Å². The van der Waals surface area contributed by atoms with Gasteiger partial charge in [0.15, 0.2) is 0 Å². The molecule has 414 valence electrons. The molecule has 3 saturated heterocycles. The van der Waals surface area contributed by atoms with Crippen molar-refractivity contribution in [1.29, 1.82) is 0 Å². The van der Waals surface area contributed by atoms with Gasteiger partial charge in [0.1, 0.15) is 5.97 Å². The van der Waals surface area contributed by atoms with E-state index in [9.17, 15) is 103 Å². The summed E-state index contributed by atoms with van der Waals surface area (Å²) in [5.41, 5.74) is 0. The van der Waals surface area contributed by atoms with Crippen LogP contribution in [-0.4, -0.2) is 155 Å². The first-order valence-electron chi connectivity index (χ1n) is 19.9. The number of carboxylic acids is 1. The largest absolute Gasteiger partial charge is 1.00 e. The third-order valence-corrected chi connectivity index (χ3v) is 10.7. The summed E-state index contributed by atoms with van der Waals surface area (Å²) in [6.45, 7) is 2.83. The molecule has 3 heterocycles. The second kappa shape index (κ2) is 23.0. The van der Waals surface area contributed by atoms with Crippen molar-refractivity contribution in [3.05, 3.63) is 12.0 Å². The summed E-state index contributed by atoms with van der Waals surface area (Å²) in [5.74, 6) is -73.9. The van der Waals surface area contributed by atoms with Crippen LogP contribution in [0.5, 0.6) is 0 Å². The number of carboxylic acid groups (broad SMARTS) is 1. The predicted octanol–water partition coefficient (Wildman–Crippen LogP) is 2.37. The molecule has 0 radical (unpaired) electrons. The first kappa shape index (κ1) is 67.5. The number of fused-ring (bicyclic) bond motifs is 3. The molecule has 8 aliphatic rings. The van der Waals surface area contributed by atoms with E-state index in [-0.39, 0.29) is 70.5 Å². The molecule has 8 fully saturated rings. The van der Waals surface area contributed by atoms with Gasteiger partial charge in [0.05, 0.1) is 38.6 Å². The Kier molecular flexibility index (Phi) is 21.6. The Balaban J connectivity index is 0.000000459. The molecule has 5 saturated carbocycles. The number of hydrogen-bond acceptors (Lipinski definition) is 16. The van der Waals surface area contributed by atoms with E-state index in [0.717, 1.165) is 52.6 Å². The van der Waals surface area contributed by atoms with E-state index in [2.05, 4.69) is 28.4 Å². The summed E-state index contributed by atoms with van der Waals surface area (Å²) in [4.78, 5) is 41.6. The van der Waals surface area contributed by atoms with E-state index in [1.54, 1.807) is 6.92 Å². The van der Waals surface area contributed by atoms with Crippen LogP contribution in [0.2, 0.25) is 0 Å². The number of Topliss-reactive ketones (excluding diaryl/α,β-unsaturated/α-hetero) is 1. The Hall–Kier alpha value is -2.48. The number of hydrogen-bond donors (Lipinski definition) is 3. The number of rotatable bonds is 3. The minimum Gasteiger partial charge on any atom is -0.544 e. The van der Waals surface area contributed by atoms with Crippen molar-refractivity contribution >= 4 is 23.7 Å². The van der Waals surface area contributed by atoms with Crippen LogP contribution in [0.15, 0.2) is 12.0 Å². The van der Waals surface area contributed by atoms with E-state index in [0.29, 0.717) is 0 Å². The van der Waals surface area contributed by atoms with Gasteiger partial charge in [0, 0.05) is 21.0 Å². The van der Waals surface area contributed by atoms with Gasteiger partial charge >= 0.3 is 134 Å². The average Bonchev–Trinajstić information content (AvgIpc) is 3.70. The van der Waals surface area contributed by atoms with Crippen molar-refractivity contribution in [1.82, 2.24) is 0 Å². The summed E-state index contributed by atoms with van der Waals surface area (Å²) in [7, 11) is 3.51. The van der Waals surface area contributed by atoms with E-state index in [4.69, 9.17) is 24.8 Å². The summed E-state index contributed by atoms with van der Waals surface area (Å²) in [6, 6.07) is 0. The van der Waals surface area contributed by atoms with Crippen molar-refractivity contribution in [2.75, 3.05) is 21.3 Å². The summed E-state index contributed by atoms with van der Waals surface area (Å²) in [6.07, 6.45) is 6.15. The van der Waals surface area contributed by atoms with E-state index >= 15 is 0 Å². The molecule has 3 aliphatic heterocycles. The van der Waals surface area contributed by atoms with Gasteiger partial charge in [0.2, 0.25) is 11.6 Å². The molecule has 0 aromatic rings. The van der Waals surface area contributed by atoms with Gasteiger partial charge in [-0.25, -0.2) is 9.59 Å². The van der Waals surface area contributed by atoms with Crippen LogP contribution in [-0.2, 0) is 57.1 Å². The molecule has 3 N–H and O–H groups in total. The van der Waals surface area contributed by atoms with Gasteiger partial charge in [0.25, 0.3) is 5.79 Å². The third-order valence-electron chi connectivity index (χ3n) is 10.7. The number of ketones is 1. The van der Waals surface area contributed by atoms with Gasteiger partial charge in [-0.1, -0.05) is 19.3 Å². The van der Waals surface area contributed by atoms with Crippen LogP contribution in [0, 0.1) is 0 Å². The molecule has 8 atom stereocenters. The number of carbonyl (C=O) groups is 4. The maximum Gasteiger partial charge on any atom is 1.00 e. The normalized spacial score (nSPS) is 38.0. The number of aliphatic hydroxyl groups excluding tert-OH is 3. The van der Waals surface area contributed by atoms with E-state index in [1.807, 2.05) is 0 Å². The van der Waals surface area contributed by atoms with E-state index < -0.39 is 118 Å². The molecular formula is C37H43F18KO16. The Morgan fingerprint density at radius 3 is 1.08 bits per heavy atom. The SMILES string of the molecule is C1CC1.CC1(C(=O)[O-])OC2(F)C(F)(F)C(F)(F)C(F)(F)C2(F)O1.CO.COC(=O)C(C)=O.COC(=O)C1(C)OC2CCCC2O1.FC(F)=C1OC2(F)C(F)(F)C(F)(F)C(F)(F)C2(F)O1.OC1CCCC1O.[K+]. The van der Waals surface area contributed by atoms with Gasteiger partial charge in [-0.05, 0) is 45.4 Å². The van der Waals surface area contributed by atoms with Crippen molar-refractivity contribution in [3.8, 4) is 0 Å². The fourth-order valence-electron chi connectivity index (χ4n) is 6.64. The van der Waals surface area contributed by atoms with Gasteiger partial charge in [-0.15, -0.1) is 0 Å². The summed E-state index contributed by atoms with van der Waals surface area (Å²) >= 11 is 0.